The summed E-state index contributed by atoms with van der Waals surface area (Å²) < 4.78 is 5.68. The first-order chi connectivity index (χ1) is 17.0. The van der Waals surface area contributed by atoms with Crippen LogP contribution < -0.4 is 10.2 Å². The third kappa shape index (κ3) is 6.35. The highest BCUT2D eigenvalue weighted by molar-refractivity contribution is 5.95. The normalized spacial score (nSPS) is 17.8. The van der Waals surface area contributed by atoms with Gasteiger partial charge < -0.3 is 9.64 Å². The van der Waals surface area contributed by atoms with Gasteiger partial charge in [-0.15, -0.1) is 0 Å². The molecule has 1 heterocycles. The van der Waals surface area contributed by atoms with E-state index in [0.29, 0.717) is 11.3 Å². The summed E-state index contributed by atoms with van der Waals surface area (Å²) in [7, 11) is 0. The fourth-order valence-electron chi connectivity index (χ4n) is 4.46. The number of benzene rings is 3. The number of piperidine rings is 1. The standard InChI is InChI=1S/C29H31N3O3/c1-21-7-6-8-22(2)32(21)28(33)20-35-27-17-15-26(16-18-27)29(34)31-30-19-23-11-13-25(14-12-23)24-9-4-3-5-10-24/h3-5,9-19,21-22H,6-8,20H2,1-2H3,(H,31,34)/b30-19+. The van der Waals surface area contributed by atoms with E-state index in [1.807, 2.05) is 47.4 Å². The third-order valence-electron chi connectivity index (χ3n) is 6.36. The molecule has 1 aliphatic heterocycles. The first kappa shape index (κ1) is 24.2. The number of hydrazone groups is 1. The smallest absolute Gasteiger partial charge is 0.271 e. The van der Waals surface area contributed by atoms with Crippen LogP contribution in [0.5, 0.6) is 5.75 Å². The van der Waals surface area contributed by atoms with Crippen LogP contribution in [0.3, 0.4) is 0 Å². The lowest BCUT2D eigenvalue weighted by molar-refractivity contribution is -0.139. The van der Waals surface area contributed by atoms with Crippen LogP contribution in [0.2, 0.25) is 0 Å². The molecule has 6 heteroatoms. The van der Waals surface area contributed by atoms with E-state index in [-0.39, 0.29) is 30.5 Å². The summed E-state index contributed by atoms with van der Waals surface area (Å²) in [5.74, 6) is 0.229. The summed E-state index contributed by atoms with van der Waals surface area (Å²) in [5, 5.41) is 4.06. The molecule has 1 N–H and O–H groups in total. The molecule has 0 aromatic heterocycles. The number of rotatable bonds is 7. The minimum atomic E-state index is -0.319. The van der Waals surface area contributed by atoms with Crippen LogP contribution in [0.15, 0.2) is 84.0 Å². The Morgan fingerprint density at radius 1 is 0.914 bits per heavy atom. The maximum atomic E-state index is 12.6. The Hall–Kier alpha value is -3.93. The van der Waals surface area contributed by atoms with Crippen LogP contribution in [-0.2, 0) is 4.79 Å². The van der Waals surface area contributed by atoms with Crippen LogP contribution in [0, 0.1) is 0 Å². The number of amides is 2. The quantitative estimate of drug-likeness (QED) is 0.378. The first-order valence-electron chi connectivity index (χ1n) is 12.0. The van der Waals surface area contributed by atoms with E-state index in [9.17, 15) is 9.59 Å². The zero-order chi connectivity index (χ0) is 24.6. The molecule has 0 saturated carbocycles. The summed E-state index contributed by atoms with van der Waals surface area (Å²) >= 11 is 0. The number of nitrogens with zero attached hydrogens (tertiary/aromatic N) is 2. The van der Waals surface area contributed by atoms with Crippen molar-refractivity contribution in [3.8, 4) is 16.9 Å². The van der Waals surface area contributed by atoms with Gasteiger partial charge in [0, 0.05) is 17.6 Å². The second-order valence-electron chi connectivity index (χ2n) is 8.93. The van der Waals surface area contributed by atoms with Crippen molar-refractivity contribution in [2.75, 3.05) is 6.61 Å². The van der Waals surface area contributed by atoms with Crippen LogP contribution in [0.1, 0.15) is 49.0 Å². The molecule has 0 radical (unpaired) electrons. The average molecular weight is 470 g/mol. The van der Waals surface area contributed by atoms with E-state index in [1.54, 1.807) is 30.5 Å². The van der Waals surface area contributed by atoms with Gasteiger partial charge in [-0.3, -0.25) is 9.59 Å². The minimum Gasteiger partial charge on any atom is -0.484 e. The maximum absolute atomic E-state index is 12.6. The number of nitrogens with one attached hydrogen (secondary N) is 1. The summed E-state index contributed by atoms with van der Waals surface area (Å²) in [4.78, 5) is 26.9. The zero-order valence-corrected chi connectivity index (χ0v) is 20.2. The molecule has 0 spiro atoms. The van der Waals surface area contributed by atoms with Gasteiger partial charge in [0.05, 0.1) is 6.21 Å². The Bertz CT molecular complexity index is 1150. The maximum Gasteiger partial charge on any atom is 0.271 e. The molecule has 2 amide bonds. The lowest BCUT2D eigenvalue weighted by Gasteiger charge is -2.38. The average Bonchev–Trinajstić information content (AvgIpc) is 2.88. The van der Waals surface area contributed by atoms with Crippen LogP contribution in [-0.4, -0.2) is 41.6 Å². The molecule has 4 rings (SSSR count). The highest BCUT2D eigenvalue weighted by atomic mass is 16.5. The molecule has 3 aromatic rings. The monoisotopic (exact) mass is 469 g/mol. The number of carbonyl (C=O) groups excluding carboxylic acids is 2. The van der Waals surface area contributed by atoms with Gasteiger partial charge in [-0.2, -0.15) is 5.10 Å². The molecule has 35 heavy (non-hydrogen) atoms. The fraction of sp³-hybridized carbons (Fsp3) is 0.276. The van der Waals surface area contributed by atoms with Gasteiger partial charge in [0.15, 0.2) is 6.61 Å². The SMILES string of the molecule is CC1CCCC(C)N1C(=O)COc1ccc(C(=O)N/N=C/c2ccc(-c3ccccc3)cc2)cc1. The van der Waals surface area contributed by atoms with Gasteiger partial charge in [0.1, 0.15) is 5.75 Å². The largest absolute Gasteiger partial charge is 0.484 e. The van der Waals surface area contributed by atoms with Crippen molar-refractivity contribution in [1.82, 2.24) is 10.3 Å². The van der Waals surface area contributed by atoms with Crippen LogP contribution >= 0.6 is 0 Å². The van der Waals surface area contributed by atoms with E-state index in [1.165, 1.54) is 0 Å². The lowest BCUT2D eigenvalue weighted by atomic mass is 9.97. The van der Waals surface area contributed by atoms with Crippen molar-refractivity contribution >= 4 is 18.0 Å². The van der Waals surface area contributed by atoms with Crippen molar-refractivity contribution in [3.05, 3.63) is 90.0 Å². The topological polar surface area (TPSA) is 71.0 Å². The summed E-state index contributed by atoms with van der Waals surface area (Å²) in [6.45, 7) is 4.17. The Labute approximate surface area is 206 Å². The van der Waals surface area contributed by atoms with E-state index >= 15 is 0 Å². The van der Waals surface area contributed by atoms with E-state index < -0.39 is 0 Å². The lowest BCUT2D eigenvalue weighted by Crippen LogP contribution is -2.49. The predicted octanol–water partition coefficient (Wildman–Crippen LogP) is 5.29. The van der Waals surface area contributed by atoms with E-state index in [4.69, 9.17) is 4.74 Å². The molecule has 3 aromatic carbocycles. The second-order valence-corrected chi connectivity index (χ2v) is 8.93. The number of hydrogen-bond acceptors (Lipinski definition) is 4. The highest BCUT2D eigenvalue weighted by Crippen LogP contribution is 2.23. The molecule has 0 aliphatic carbocycles. The molecule has 180 valence electrons. The molecule has 1 aliphatic rings. The van der Waals surface area contributed by atoms with Gasteiger partial charge in [0.25, 0.3) is 11.8 Å². The van der Waals surface area contributed by atoms with Gasteiger partial charge in [-0.1, -0.05) is 54.6 Å². The molecular formula is C29H31N3O3. The van der Waals surface area contributed by atoms with Crippen molar-refractivity contribution in [2.45, 2.75) is 45.2 Å². The van der Waals surface area contributed by atoms with Gasteiger partial charge in [-0.05, 0) is 74.1 Å². The first-order valence-corrected chi connectivity index (χ1v) is 12.0. The molecule has 1 saturated heterocycles. The van der Waals surface area contributed by atoms with Crippen LogP contribution in [0.25, 0.3) is 11.1 Å². The van der Waals surface area contributed by atoms with Gasteiger partial charge >= 0.3 is 0 Å². The Balaban J connectivity index is 1.26. The Kier molecular flexibility index (Phi) is 7.93. The van der Waals surface area contributed by atoms with Crippen molar-refractivity contribution in [1.29, 1.82) is 0 Å². The van der Waals surface area contributed by atoms with Crippen molar-refractivity contribution in [3.63, 3.8) is 0 Å². The van der Waals surface area contributed by atoms with E-state index in [2.05, 4.69) is 36.5 Å². The molecular weight excluding hydrogens is 438 g/mol. The highest BCUT2D eigenvalue weighted by Gasteiger charge is 2.28. The Morgan fingerprint density at radius 3 is 2.20 bits per heavy atom. The molecule has 6 nitrogen and oxygen atoms in total. The summed E-state index contributed by atoms with van der Waals surface area (Å²) in [6, 6.07) is 25.3. The van der Waals surface area contributed by atoms with Gasteiger partial charge in [0.2, 0.25) is 0 Å². The third-order valence-corrected chi connectivity index (χ3v) is 6.36. The molecule has 2 atom stereocenters. The minimum absolute atomic E-state index is 0.00217. The molecule has 1 fully saturated rings. The number of hydrogen-bond donors (Lipinski definition) is 1. The van der Waals surface area contributed by atoms with E-state index in [0.717, 1.165) is 36.0 Å². The fourth-order valence-corrected chi connectivity index (χ4v) is 4.46. The van der Waals surface area contributed by atoms with Gasteiger partial charge in [-0.25, -0.2) is 5.43 Å². The number of carbonyl (C=O) groups is 2. The van der Waals surface area contributed by atoms with Crippen molar-refractivity contribution < 1.29 is 14.3 Å². The Morgan fingerprint density at radius 2 is 1.54 bits per heavy atom. The number of likely N-dealkylation sites (tertiary alicyclic amines) is 1. The zero-order valence-electron chi connectivity index (χ0n) is 20.2. The molecule has 2 unspecified atom stereocenters. The number of ether oxygens (including phenoxy) is 1. The van der Waals surface area contributed by atoms with Crippen LogP contribution in [0.4, 0.5) is 0 Å². The summed E-state index contributed by atoms with van der Waals surface area (Å²) in [6.07, 6.45) is 4.82. The second kappa shape index (κ2) is 11.5. The summed E-state index contributed by atoms with van der Waals surface area (Å²) in [5.41, 5.74) is 6.16. The van der Waals surface area contributed by atoms with Crippen molar-refractivity contribution in [2.24, 2.45) is 5.10 Å². The molecule has 0 bridgehead atoms. The predicted molar refractivity (Wildman–Crippen MR) is 138 cm³/mol.